The van der Waals surface area contributed by atoms with Crippen LogP contribution in [0.2, 0.25) is 0 Å². The minimum absolute atomic E-state index is 0.0161. The summed E-state index contributed by atoms with van der Waals surface area (Å²) >= 11 is 1.17. The molecule has 0 aliphatic heterocycles. The van der Waals surface area contributed by atoms with Crippen molar-refractivity contribution in [1.29, 1.82) is 10.5 Å². The van der Waals surface area contributed by atoms with Gasteiger partial charge in [0.25, 0.3) is 0 Å². The molecular formula is C16H18N4OS. The number of hydrogen-bond acceptors (Lipinski definition) is 5. The minimum Gasteiger partial charge on any atom is -0.349 e. The highest BCUT2D eigenvalue weighted by molar-refractivity contribution is 8.03. The van der Waals surface area contributed by atoms with Gasteiger partial charge >= 0.3 is 0 Å². The normalized spacial score (nSPS) is 9.27. The summed E-state index contributed by atoms with van der Waals surface area (Å²) in [5.74, 6) is 0.168. The molecule has 0 unspecified atom stereocenters. The number of carbonyl (C=O) groups is 1. The maximum absolute atomic E-state index is 12.1. The summed E-state index contributed by atoms with van der Waals surface area (Å²) in [6, 6.07) is 13.0. The van der Waals surface area contributed by atoms with Gasteiger partial charge in [0.05, 0.1) is 5.75 Å². The van der Waals surface area contributed by atoms with Crippen LogP contribution < -0.4 is 5.32 Å². The topological polar surface area (TPSA) is 79.9 Å². The molecule has 0 bridgehead atoms. The average Bonchev–Trinajstić information content (AvgIpc) is 2.55. The zero-order chi connectivity index (χ0) is 16.4. The zero-order valence-corrected chi connectivity index (χ0v) is 13.5. The summed E-state index contributed by atoms with van der Waals surface area (Å²) in [7, 11) is 0. The number of rotatable bonds is 7. The van der Waals surface area contributed by atoms with Crippen molar-refractivity contribution >= 4 is 23.4 Å². The van der Waals surface area contributed by atoms with Crippen LogP contribution in [0.25, 0.3) is 0 Å². The van der Waals surface area contributed by atoms with Gasteiger partial charge in [0, 0.05) is 18.8 Å². The summed E-state index contributed by atoms with van der Waals surface area (Å²) < 4.78 is 0. The highest BCUT2D eigenvalue weighted by Crippen LogP contribution is 2.22. The third-order valence-electron chi connectivity index (χ3n) is 2.94. The molecular weight excluding hydrogens is 296 g/mol. The van der Waals surface area contributed by atoms with Gasteiger partial charge in [-0.2, -0.15) is 10.5 Å². The van der Waals surface area contributed by atoms with Crippen molar-refractivity contribution in [2.45, 2.75) is 13.8 Å². The molecule has 0 saturated carbocycles. The third-order valence-corrected chi connectivity index (χ3v) is 3.92. The molecule has 6 heteroatoms. The third kappa shape index (κ3) is 5.16. The van der Waals surface area contributed by atoms with Crippen LogP contribution in [0.4, 0.5) is 5.69 Å². The number of nitrogens with zero attached hydrogens (tertiary/aromatic N) is 3. The van der Waals surface area contributed by atoms with Crippen molar-refractivity contribution in [1.82, 2.24) is 4.90 Å². The lowest BCUT2D eigenvalue weighted by molar-refractivity contribution is -0.127. The number of benzene rings is 1. The predicted octanol–water partition coefficient (Wildman–Crippen LogP) is 2.96. The van der Waals surface area contributed by atoms with Crippen molar-refractivity contribution in [3.63, 3.8) is 0 Å². The van der Waals surface area contributed by atoms with Crippen LogP contribution in [0.3, 0.4) is 0 Å². The fourth-order valence-electron chi connectivity index (χ4n) is 1.75. The Hall–Kier alpha value is -2.44. The molecule has 0 aromatic heterocycles. The molecule has 1 N–H and O–H groups in total. The Bertz CT molecular complexity index is 593. The fourth-order valence-corrected chi connectivity index (χ4v) is 2.63. The van der Waals surface area contributed by atoms with E-state index in [9.17, 15) is 4.79 Å². The molecule has 5 nitrogen and oxygen atoms in total. The molecule has 1 aromatic rings. The molecule has 1 aromatic carbocycles. The monoisotopic (exact) mass is 314 g/mol. The van der Waals surface area contributed by atoms with Gasteiger partial charge < -0.3 is 10.2 Å². The maximum atomic E-state index is 12.1. The number of anilines is 1. The summed E-state index contributed by atoms with van der Waals surface area (Å²) in [4.78, 5) is 13.8. The molecule has 1 rings (SSSR count). The molecule has 114 valence electrons. The van der Waals surface area contributed by atoms with Gasteiger partial charge in [0.2, 0.25) is 5.91 Å². The molecule has 1 amide bonds. The first kappa shape index (κ1) is 17.6. The summed E-state index contributed by atoms with van der Waals surface area (Å²) in [5, 5.41) is 21.6. The van der Waals surface area contributed by atoms with Gasteiger partial charge in [-0.1, -0.05) is 30.0 Å². The van der Waals surface area contributed by atoms with Gasteiger partial charge in [0.1, 0.15) is 17.2 Å². The van der Waals surface area contributed by atoms with Crippen LogP contribution in [-0.4, -0.2) is 29.6 Å². The van der Waals surface area contributed by atoms with E-state index in [1.54, 1.807) is 4.90 Å². The molecule has 22 heavy (non-hydrogen) atoms. The van der Waals surface area contributed by atoms with Gasteiger partial charge in [-0.3, -0.25) is 4.79 Å². The van der Waals surface area contributed by atoms with Gasteiger partial charge in [0.15, 0.2) is 5.57 Å². The SMILES string of the molecule is CCN(CC)C(=O)CSC(Nc1ccccc1)=C(C#N)C#N. The van der Waals surface area contributed by atoms with Crippen molar-refractivity contribution < 1.29 is 4.79 Å². The van der Waals surface area contributed by atoms with Gasteiger partial charge in [-0.05, 0) is 26.0 Å². The number of para-hydroxylation sites is 1. The lowest BCUT2D eigenvalue weighted by Crippen LogP contribution is -2.32. The van der Waals surface area contributed by atoms with E-state index in [0.29, 0.717) is 18.1 Å². The number of nitriles is 2. The molecule has 0 aliphatic rings. The van der Waals surface area contributed by atoms with E-state index in [-0.39, 0.29) is 17.2 Å². The van der Waals surface area contributed by atoms with E-state index in [0.717, 1.165) is 5.69 Å². The van der Waals surface area contributed by atoms with E-state index < -0.39 is 0 Å². The first-order valence-corrected chi connectivity index (χ1v) is 7.91. The van der Waals surface area contributed by atoms with Crippen LogP contribution in [0, 0.1) is 22.7 Å². The Balaban J connectivity index is 2.86. The molecule has 0 spiro atoms. The second-order valence-electron chi connectivity index (χ2n) is 4.27. The van der Waals surface area contributed by atoms with Crippen molar-refractivity contribution in [3.05, 3.63) is 40.9 Å². The average molecular weight is 314 g/mol. The van der Waals surface area contributed by atoms with Crippen LogP contribution in [0.15, 0.2) is 40.9 Å². The number of thioether (sulfide) groups is 1. The first-order valence-electron chi connectivity index (χ1n) is 6.93. The minimum atomic E-state index is -0.0267. The van der Waals surface area contributed by atoms with E-state index in [1.807, 2.05) is 56.3 Å². The fraction of sp³-hybridized carbons (Fsp3) is 0.312. The number of nitrogens with one attached hydrogen (secondary N) is 1. The Morgan fingerprint density at radius 2 is 1.77 bits per heavy atom. The smallest absolute Gasteiger partial charge is 0.232 e. The zero-order valence-electron chi connectivity index (χ0n) is 12.7. The largest absolute Gasteiger partial charge is 0.349 e. The standard InChI is InChI=1S/C16H18N4OS/c1-3-20(4-2)15(21)12-22-16(13(10-17)11-18)19-14-8-6-5-7-9-14/h5-9,19H,3-4,12H2,1-2H3. The number of hydrogen-bond donors (Lipinski definition) is 1. The van der Waals surface area contributed by atoms with E-state index in [1.165, 1.54) is 11.8 Å². The number of carbonyl (C=O) groups excluding carboxylic acids is 1. The Morgan fingerprint density at radius 1 is 1.18 bits per heavy atom. The summed E-state index contributed by atoms with van der Waals surface area (Å²) in [6.07, 6.45) is 0. The molecule has 0 atom stereocenters. The first-order chi connectivity index (χ1) is 10.7. The van der Waals surface area contributed by atoms with Crippen molar-refractivity contribution in [2.24, 2.45) is 0 Å². The molecule has 0 fully saturated rings. The predicted molar refractivity (Wildman–Crippen MR) is 88.7 cm³/mol. The Kier molecular flexibility index (Phi) is 7.60. The summed E-state index contributed by atoms with van der Waals surface area (Å²) in [6.45, 7) is 5.12. The molecule has 0 heterocycles. The van der Waals surface area contributed by atoms with E-state index in [4.69, 9.17) is 10.5 Å². The lowest BCUT2D eigenvalue weighted by atomic mass is 10.3. The molecule has 0 aliphatic carbocycles. The van der Waals surface area contributed by atoms with Crippen LogP contribution in [0.1, 0.15) is 13.8 Å². The van der Waals surface area contributed by atoms with Gasteiger partial charge in [-0.15, -0.1) is 0 Å². The Labute approximate surface area is 135 Å². The maximum Gasteiger partial charge on any atom is 0.232 e. The van der Waals surface area contributed by atoms with Crippen LogP contribution in [-0.2, 0) is 4.79 Å². The number of allylic oxidation sites excluding steroid dienone is 1. The molecule has 0 saturated heterocycles. The van der Waals surface area contributed by atoms with Gasteiger partial charge in [-0.25, -0.2) is 0 Å². The van der Waals surface area contributed by atoms with Crippen LogP contribution in [0.5, 0.6) is 0 Å². The quantitative estimate of drug-likeness (QED) is 0.783. The highest BCUT2D eigenvalue weighted by atomic mass is 32.2. The number of amides is 1. The van der Waals surface area contributed by atoms with Crippen molar-refractivity contribution in [3.8, 4) is 12.1 Å². The second kappa shape index (κ2) is 9.49. The highest BCUT2D eigenvalue weighted by Gasteiger charge is 2.14. The summed E-state index contributed by atoms with van der Waals surface area (Å²) in [5.41, 5.74) is 0.740. The van der Waals surface area contributed by atoms with Crippen LogP contribution >= 0.6 is 11.8 Å². The second-order valence-corrected chi connectivity index (χ2v) is 5.26. The Morgan fingerprint density at radius 3 is 2.27 bits per heavy atom. The van der Waals surface area contributed by atoms with Crippen molar-refractivity contribution in [2.75, 3.05) is 24.2 Å². The molecule has 0 radical (unpaired) electrons. The lowest BCUT2D eigenvalue weighted by Gasteiger charge is -2.19. The van der Waals surface area contributed by atoms with E-state index >= 15 is 0 Å². The van der Waals surface area contributed by atoms with E-state index in [2.05, 4.69) is 5.32 Å².